The molecule has 1 heterocycles. The number of nitrogens with zero attached hydrogens (tertiary/aromatic N) is 2. The van der Waals surface area contributed by atoms with Crippen LogP contribution in [0.2, 0.25) is 0 Å². The Labute approximate surface area is 91.5 Å². The van der Waals surface area contributed by atoms with E-state index in [-0.39, 0.29) is 0 Å². The van der Waals surface area contributed by atoms with Crippen LogP contribution in [0.25, 0.3) is 0 Å². The van der Waals surface area contributed by atoms with Crippen LogP contribution in [0.4, 0.5) is 0 Å². The van der Waals surface area contributed by atoms with Gasteiger partial charge < -0.3 is 5.11 Å². The van der Waals surface area contributed by atoms with Gasteiger partial charge in [-0.3, -0.25) is 4.98 Å². The normalized spacial score (nSPS) is 13.4. The molecule has 74 valence electrons. The molecule has 1 rings (SSSR count). The summed E-state index contributed by atoms with van der Waals surface area (Å²) in [6.07, 6.45) is 2.38. The Morgan fingerprint density at radius 2 is 2.29 bits per heavy atom. The monoisotopic (exact) mass is 254 g/mol. The van der Waals surface area contributed by atoms with Crippen molar-refractivity contribution in [2.45, 2.75) is 20.0 Å². The van der Waals surface area contributed by atoms with E-state index in [9.17, 15) is 5.11 Å². The van der Waals surface area contributed by atoms with E-state index in [0.717, 1.165) is 4.47 Å². The van der Waals surface area contributed by atoms with E-state index in [2.05, 4.69) is 27.0 Å². The first kappa shape index (κ1) is 11.2. The lowest BCUT2D eigenvalue weighted by Crippen LogP contribution is -2.20. The van der Waals surface area contributed by atoms with Crippen LogP contribution < -0.4 is 0 Å². The van der Waals surface area contributed by atoms with Crippen molar-refractivity contribution in [2.75, 3.05) is 0 Å². The van der Waals surface area contributed by atoms with Crippen LogP contribution in [-0.2, 0) is 0 Å². The second kappa shape index (κ2) is 4.07. The fourth-order valence-electron chi connectivity index (χ4n) is 1.06. The zero-order valence-corrected chi connectivity index (χ0v) is 9.62. The lowest BCUT2D eigenvalue weighted by Gasteiger charge is -2.23. The molecule has 0 saturated heterocycles. The van der Waals surface area contributed by atoms with Gasteiger partial charge in [0.2, 0.25) is 0 Å². The number of hydrogen-bond acceptors (Lipinski definition) is 3. The third-order valence-corrected chi connectivity index (χ3v) is 2.73. The van der Waals surface area contributed by atoms with Crippen molar-refractivity contribution in [1.29, 1.82) is 5.26 Å². The first-order valence-electron chi connectivity index (χ1n) is 4.18. The summed E-state index contributed by atoms with van der Waals surface area (Å²) in [6, 6.07) is 3.78. The Balaban J connectivity index is 3.08. The Kier molecular flexibility index (Phi) is 3.25. The van der Waals surface area contributed by atoms with Gasteiger partial charge in [-0.25, -0.2) is 0 Å². The van der Waals surface area contributed by atoms with Crippen LogP contribution in [-0.4, -0.2) is 10.1 Å². The molecule has 0 bridgehead atoms. The molecule has 0 spiro atoms. The number of pyridine rings is 1. The van der Waals surface area contributed by atoms with Crippen molar-refractivity contribution in [3.8, 4) is 6.07 Å². The van der Waals surface area contributed by atoms with E-state index in [0.29, 0.717) is 5.56 Å². The Bertz CT molecular complexity index is 371. The van der Waals surface area contributed by atoms with Gasteiger partial charge in [-0.15, -0.1) is 0 Å². The molecule has 1 aromatic heterocycles. The first-order chi connectivity index (χ1) is 6.49. The van der Waals surface area contributed by atoms with Crippen LogP contribution in [0.15, 0.2) is 22.9 Å². The third kappa shape index (κ3) is 2.11. The Hall–Kier alpha value is -0.920. The maximum atomic E-state index is 9.95. The molecule has 1 unspecified atom stereocenters. The molecule has 0 radical (unpaired) electrons. The van der Waals surface area contributed by atoms with Crippen LogP contribution in [0.1, 0.15) is 25.5 Å². The van der Waals surface area contributed by atoms with Gasteiger partial charge in [0.05, 0.1) is 17.6 Å². The first-order valence-corrected chi connectivity index (χ1v) is 4.97. The molecule has 1 atom stereocenters. The summed E-state index contributed by atoms with van der Waals surface area (Å²) in [4.78, 5) is 3.89. The standard InChI is InChI=1S/C10H11BrN2O/c1-10(2,6-12)9(14)7-3-4-13-5-8(7)11/h3-5,9,14H,1-2H3. The van der Waals surface area contributed by atoms with Gasteiger partial charge in [-0.05, 0) is 41.4 Å². The maximum Gasteiger partial charge on any atom is 0.0982 e. The highest BCUT2D eigenvalue weighted by atomic mass is 79.9. The van der Waals surface area contributed by atoms with Gasteiger partial charge in [0.1, 0.15) is 0 Å². The molecule has 4 heteroatoms. The number of aliphatic hydroxyl groups excluding tert-OH is 1. The largest absolute Gasteiger partial charge is 0.387 e. The molecular weight excluding hydrogens is 244 g/mol. The lowest BCUT2D eigenvalue weighted by atomic mass is 9.84. The highest BCUT2D eigenvalue weighted by Gasteiger charge is 2.30. The van der Waals surface area contributed by atoms with Crippen molar-refractivity contribution in [3.05, 3.63) is 28.5 Å². The van der Waals surface area contributed by atoms with Crippen LogP contribution in [0.5, 0.6) is 0 Å². The van der Waals surface area contributed by atoms with E-state index in [1.165, 1.54) is 0 Å². The number of aliphatic hydroxyl groups is 1. The highest BCUT2D eigenvalue weighted by Crippen LogP contribution is 2.35. The van der Waals surface area contributed by atoms with Crippen LogP contribution in [0, 0.1) is 16.7 Å². The van der Waals surface area contributed by atoms with Gasteiger partial charge in [-0.2, -0.15) is 5.26 Å². The second-order valence-corrected chi connectivity index (χ2v) is 4.49. The van der Waals surface area contributed by atoms with Crippen molar-refractivity contribution in [3.63, 3.8) is 0 Å². The molecule has 14 heavy (non-hydrogen) atoms. The molecular formula is C10H11BrN2O. The highest BCUT2D eigenvalue weighted by molar-refractivity contribution is 9.10. The topological polar surface area (TPSA) is 56.9 Å². The van der Waals surface area contributed by atoms with Crippen LogP contribution in [0.3, 0.4) is 0 Å². The van der Waals surface area contributed by atoms with Crippen molar-refractivity contribution < 1.29 is 5.11 Å². The van der Waals surface area contributed by atoms with E-state index in [1.807, 2.05) is 0 Å². The van der Waals surface area contributed by atoms with E-state index < -0.39 is 11.5 Å². The third-order valence-electron chi connectivity index (χ3n) is 2.07. The Morgan fingerprint density at radius 3 is 2.79 bits per heavy atom. The fraction of sp³-hybridized carbons (Fsp3) is 0.400. The van der Waals surface area contributed by atoms with Gasteiger partial charge in [0.15, 0.2) is 0 Å². The van der Waals surface area contributed by atoms with Crippen molar-refractivity contribution >= 4 is 15.9 Å². The summed E-state index contributed by atoms with van der Waals surface area (Å²) in [5, 5.41) is 18.8. The Morgan fingerprint density at radius 1 is 1.64 bits per heavy atom. The number of halogens is 1. The molecule has 3 nitrogen and oxygen atoms in total. The van der Waals surface area contributed by atoms with E-state index in [1.54, 1.807) is 32.3 Å². The van der Waals surface area contributed by atoms with Gasteiger partial charge in [0.25, 0.3) is 0 Å². The van der Waals surface area contributed by atoms with Gasteiger partial charge in [-0.1, -0.05) is 0 Å². The average molecular weight is 255 g/mol. The average Bonchev–Trinajstić information content (AvgIpc) is 2.17. The smallest absolute Gasteiger partial charge is 0.0982 e. The van der Waals surface area contributed by atoms with Crippen LogP contribution >= 0.6 is 15.9 Å². The maximum absolute atomic E-state index is 9.95. The molecule has 1 aromatic rings. The van der Waals surface area contributed by atoms with Crippen molar-refractivity contribution in [1.82, 2.24) is 4.98 Å². The lowest BCUT2D eigenvalue weighted by molar-refractivity contribution is 0.0860. The summed E-state index contributed by atoms with van der Waals surface area (Å²) in [5.74, 6) is 0. The van der Waals surface area contributed by atoms with Gasteiger partial charge >= 0.3 is 0 Å². The molecule has 1 N–H and O–H groups in total. The van der Waals surface area contributed by atoms with E-state index in [4.69, 9.17) is 5.26 Å². The second-order valence-electron chi connectivity index (χ2n) is 3.63. The predicted molar refractivity (Wildman–Crippen MR) is 56.3 cm³/mol. The molecule has 0 aliphatic heterocycles. The zero-order chi connectivity index (χ0) is 10.8. The van der Waals surface area contributed by atoms with Gasteiger partial charge in [0, 0.05) is 16.9 Å². The fourth-order valence-corrected chi connectivity index (χ4v) is 1.52. The summed E-state index contributed by atoms with van der Waals surface area (Å²) in [7, 11) is 0. The summed E-state index contributed by atoms with van der Waals surface area (Å²) in [5.41, 5.74) is -0.115. The number of aromatic nitrogens is 1. The van der Waals surface area contributed by atoms with Crippen molar-refractivity contribution in [2.24, 2.45) is 5.41 Å². The number of rotatable bonds is 2. The van der Waals surface area contributed by atoms with E-state index >= 15 is 0 Å². The molecule has 0 amide bonds. The molecule has 0 saturated carbocycles. The molecule has 0 aliphatic rings. The SMILES string of the molecule is CC(C)(C#N)C(O)c1ccncc1Br. The molecule has 0 aromatic carbocycles. The zero-order valence-electron chi connectivity index (χ0n) is 8.03. The number of hydrogen-bond donors (Lipinski definition) is 1. The number of nitriles is 1. The molecule has 0 aliphatic carbocycles. The summed E-state index contributed by atoms with van der Waals surface area (Å²) in [6.45, 7) is 3.40. The molecule has 0 fully saturated rings. The minimum absolute atomic E-state index is 0.687. The summed E-state index contributed by atoms with van der Waals surface area (Å²) < 4.78 is 0.718. The minimum atomic E-state index is -0.815. The minimum Gasteiger partial charge on any atom is -0.387 e. The quantitative estimate of drug-likeness (QED) is 0.882. The summed E-state index contributed by atoms with van der Waals surface area (Å²) >= 11 is 3.29. The predicted octanol–water partition coefficient (Wildman–Crippen LogP) is 2.43.